The highest BCUT2D eigenvalue weighted by Gasteiger charge is 2.25. The third-order valence-electron chi connectivity index (χ3n) is 5.64. The van der Waals surface area contributed by atoms with E-state index in [4.69, 9.17) is 19.2 Å². The summed E-state index contributed by atoms with van der Waals surface area (Å²) in [7, 11) is 2.00. The molecule has 1 fully saturated rings. The number of carbonyl (C=O) groups excluding carboxylic acids is 1. The lowest BCUT2D eigenvalue weighted by molar-refractivity contribution is -0.118. The van der Waals surface area contributed by atoms with Gasteiger partial charge in [0, 0.05) is 25.6 Å². The van der Waals surface area contributed by atoms with Crippen LogP contribution in [0.25, 0.3) is 11.0 Å². The topological polar surface area (TPSA) is 62.6 Å². The molecule has 2 aromatic rings. The number of benzene rings is 1. The standard InChI is InChI=1S/C23H34N2O4/c1-6-27-21-12-11-20-22(17(21)4)25(5)23(24-20)29-19-9-7-18(8-10-19)28-14-15(2)13-16(3)26/h11-12,15,18-19H,6-10,13-14H2,1-5H3/t15-,18?,19?/m1/s1. The van der Waals surface area contributed by atoms with Crippen molar-refractivity contribution in [1.29, 1.82) is 0 Å². The lowest BCUT2D eigenvalue weighted by Crippen LogP contribution is -2.30. The molecule has 0 bridgehead atoms. The number of aromatic nitrogens is 2. The van der Waals surface area contributed by atoms with E-state index in [2.05, 4.69) is 13.8 Å². The first kappa shape index (κ1) is 21.6. The number of ketones is 1. The van der Waals surface area contributed by atoms with Crippen LogP contribution in [-0.2, 0) is 16.6 Å². The zero-order valence-corrected chi connectivity index (χ0v) is 18.4. The molecule has 1 atom stereocenters. The Kier molecular flexibility index (Phi) is 7.17. The van der Waals surface area contributed by atoms with Gasteiger partial charge < -0.3 is 19.0 Å². The predicted molar refractivity (Wildman–Crippen MR) is 114 cm³/mol. The Bertz CT molecular complexity index is 837. The molecule has 0 saturated heterocycles. The van der Waals surface area contributed by atoms with Crippen LogP contribution in [0.1, 0.15) is 58.4 Å². The average Bonchev–Trinajstić information content (AvgIpc) is 2.99. The number of hydrogen-bond acceptors (Lipinski definition) is 5. The Balaban J connectivity index is 1.56. The van der Waals surface area contributed by atoms with E-state index >= 15 is 0 Å². The molecular formula is C23H34N2O4. The molecule has 6 heteroatoms. The van der Waals surface area contributed by atoms with Crippen molar-refractivity contribution in [3.63, 3.8) is 0 Å². The Morgan fingerprint density at radius 2 is 1.93 bits per heavy atom. The van der Waals surface area contributed by atoms with Crippen molar-refractivity contribution in [1.82, 2.24) is 9.55 Å². The molecule has 6 nitrogen and oxygen atoms in total. The Morgan fingerprint density at radius 1 is 1.24 bits per heavy atom. The summed E-state index contributed by atoms with van der Waals surface area (Å²) < 4.78 is 20.0. The largest absolute Gasteiger partial charge is 0.494 e. The first-order chi connectivity index (χ1) is 13.9. The molecule has 29 heavy (non-hydrogen) atoms. The smallest absolute Gasteiger partial charge is 0.297 e. The van der Waals surface area contributed by atoms with Gasteiger partial charge in [0.1, 0.15) is 17.6 Å². The predicted octanol–water partition coefficient (Wildman–Crippen LogP) is 4.60. The first-order valence-corrected chi connectivity index (χ1v) is 10.8. The number of carbonyl (C=O) groups is 1. The number of ether oxygens (including phenoxy) is 3. The van der Waals surface area contributed by atoms with Crippen LogP contribution in [0.5, 0.6) is 11.8 Å². The van der Waals surface area contributed by atoms with Crippen LogP contribution in [0.4, 0.5) is 0 Å². The molecule has 1 aromatic carbocycles. The molecule has 160 valence electrons. The van der Waals surface area contributed by atoms with E-state index in [1.165, 1.54) is 0 Å². The van der Waals surface area contributed by atoms with Gasteiger partial charge in [0.15, 0.2) is 0 Å². The summed E-state index contributed by atoms with van der Waals surface area (Å²) >= 11 is 0. The lowest BCUT2D eigenvalue weighted by Gasteiger charge is -2.29. The third-order valence-corrected chi connectivity index (χ3v) is 5.64. The molecule has 0 radical (unpaired) electrons. The second-order valence-corrected chi connectivity index (χ2v) is 8.30. The quantitative estimate of drug-likeness (QED) is 0.613. The maximum Gasteiger partial charge on any atom is 0.297 e. The van der Waals surface area contributed by atoms with Crippen LogP contribution < -0.4 is 9.47 Å². The molecule has 0 N–H and O–H groups in total. The van der Waals surface area contributed by atoms with E-state index in [1.54, 1.807) is 6.92 Å². The molecule has 0 spiro atoms. The van der Waals surface area contributed by atoms with E-state index in [9.17, 15) is 4.79 Å². The minimum Gasteiger partial charge on any atom is -0.494 e. The zero-order valence-electron chi connectivity index (χ0n) is 18.4. The van der Waals surface area contributed by atoms with Crippen molar-refractivity contribution in [2.45, 2.75) is 72.0 Å². The minimum atomic E-state index is 0.159. The van der Waals surface area contributed by atoms with Crippen LogP contribution in [0.3, 0.4) is 0 Å². The Morgan fingerprint density at radius 3 is 2.59 bits per heavy atom. The summed E-state index contributed by atoms with van der Waals surface area (Å²) in [6, 6.07) is 4.64. The summed E-state index contributed by atoms with van der Waals surface area (Å²) in [4.78, 5) is 15.9. The van der Waals surface area contributed by atoms with Crippen LogP contribution in [-0.4, -0.2) is 40.8 Å². The van der Waals surface area contributed by atoms with Crippen molar-refractivity contribution in [2.75, 3.05) is 13.2 Å². The first-order valence-electron chi connectivity index (χ1n) is 10.8. The maximum absolute atomic E-state index is 11.2. The fraction of sp³-hybridized carbons (Fsp3) is 0.652. The van der Waals surface area contributed by atoms with Gasteiger partial charge in [-0.15, -0.1) is 0 Å². The van der Waals surface area contributed by atoms with Gasteiger partial charge in [0.05, 0.1) is 23.7 Å². The van der Waals surface area contributed by atoms with Crippen LogP contribution in [0.15, 0.2) is 12.1 Å². The maximum atomic E-state index is 11.2. The number of aryl methyl sites for hydroxylation is 2. The van der Waals surface area contributed by atoms with Gasteiger partial charge in [-0.25, -0.2) is 0 Å². The second kappa shape index (κ2) is 9.61. The highest BCUT2D eigenvalue weighted by Crippen LogP contribution is 2.32. The fourth-order valence-corrected chi connectivity index (χ4v) is 4.19. The summed E-state index contributed by atoms with van der Waals surface area (Å²) in [5, 5.41) is 0. The van der Waals surface area contributed by atoms with Gasteiger partial charge in [-0.1, -0.05) is 6.92 Å². The van der Waals surface area contributed by atoms with Gasteiger partial charge in [0.25, 0.3) is 6.01 Å². The van der Waals surface area contributed by atoms with Crippen molar-refractivity contribution in [3.05, 3.63) is 17.7 Å². The zero-order chi connectivity index (χ0) is 21.0. The average molecular weight is 403 g/mol. The fourth-order valence-electron chi connectivity index (χ4n) is 4.19. The number of Topliss-reactive ketones (excluding diaryl/α,β-unsaturated/α-hetero) is 1. The molecule has 0 unspecified atom stereocenters. The van der Waals surface area contributed by atoms with E-state index in [0.29, 0.717) is 25.6 Å². The summed E-state index contributed by atoms with van der Waals surface area (Å²) in [5.74, 6) is 1.40. The number of nitrogens with zero attached hydrogens (tertiary/aromatic N) is 2. The summed E-state index contributed by atoms with van der Waals surface area (Å²) in [6.45, 7) is 9.06. The highest BCUT2D eigenvalue weighted by molar-refractivity contribution is 5.82. The molecule has 1 heterocycles. The van der Waals surface area contributed by atoms with E-state index in [0.717, 1.165) is 48.0 Å². The summed E-state index contributed by atoms with van der Waals surface area (Å²) in [6.07, 6.45) is 4.89. The highest BCUT2D eigenvalue weighted by atomic mass is 16.5. The molecule has 1 aliphatic rings. The molecule has 3 rings (SSSR count). The minimum absolute atomic E-state index is 0.159. The van der Waals surface area contributed by atoms with Gasteiger partial charge >= 0.3 is 0 Å². The molecule has 0 aliphatic heterocycles. The normalized spacial score (nSPS) is 20.6. The third kappa shape index (κ3) is 5.30. The number of fused-ring (bicyclic) bond motifs is 1. The van der Waals surface area contributed by atoms with Crippen molar-refractivity contribution >= 4 is 16.8 Å². The van der Waals surface area contributed by atoms with Crippen molar-refractivity contribution < 1.29 is 19.0 Å². The van der Waals surface area contributed by atoms with Gasteiger partial charge in [-0.05, 0) is 64.5 Å². The molecule has 1 aliphatic carbocycles. The van der Waals surface area contributed by atoms with E-state index in [1.807, 2.05) is 30.7 Å². The molecular weight excluding hydrogens is 368 g/mol. The van der Waals surface area contributed by atoms with Crippen molar-refractivity contribution in [3.8, 4) is 11.8 Å². The monoisotopic (exact) mass is 402 g/mol. The summed E-state index contributed by atoms with van der Waals surface area (Å²) in [5.41, 5.74) is 3.08. The molecule has 1 aromatic heterocycles. The lowest BCUT2D eigenvalue weighted by atomic mass is 9.95. The number of imidazole rings is 1. The number of hydrogen-bond donors (Lipinski definition) is 0. The number of rotatable bonds is 9. The van der Waals surface area contributed by atoms with Gasteiger partial charge in [-0.2, -0.15) is 4.98 Å². The van der Waals surface area contributed by atoms with Gasteiger partial charge in [-0.3, -0.25) is 4.57 Å². The molecule has 1 saturated carbocycles. The van der Waals surface area contributed by atoms with E-state index in [-0.39, 0.29) is 23.9 Å². The Hall–Kier alpha value is -2.08. The van der Waals surface area contributed by atoms with Crippen LogP contribution in [0, 0.1) is 12.8 Å². The second-order valence-electron chi connectivity index (χ2n) is 8.30. The van der Waals surface area contributed by atoms with E-state index < -0.39 is 0 Å². The van der Waals surface area contributed by atoms with Crippen LogP contribution >= 0.6 is 0 Å². The van der Waals surface area contributed by atoms with Crippen LogP contribution in [0.2, 0.25) is 0 Å². The van der Waals surface area contributed by atoms with Crippen molar-refractivity contribution in [2.24, 2.45) is 13.0 Å². The molecule has 0 amide bonds. The Labute approximate surface area is 173 Å². The SMILES string of the molecule is CCOc1ccc2nc(OC3CCC(OC[C@H](C)CC(C)=O)CC3)n(C)c2c1C. The van der Waals surface area contributed by atoms with Gasteiger partial charge in [0.2, 0.25) is 0 Å².